The van der Waals surface area contributed by atoms with Crippen molar-refractivity contribution in [3.05, 3.63) is 53.1 Å². The van der Waals surface area contributed by atoms with Crippen molar-refractivity contribution in [1.29, 1.82) is 0 Å². The molecule has 0 amide bonds. The lowest BCUT2D eigenvalue weighted by Gasteiger charge is -2.24. The van der Waals surface area contributed by atoms with Gasteiger partial charge in [-0.3, -0.25) is 10.00 Å². The second-order valence-electron chi connectivity index (χ2n) is 5.44. The molecule has 0 spiro atoms. The molecule has 2 aromatic rings. The van der Waals surface area contributed by atoms with Crippen LogP contribution in [0.5, 0.6) is 0 Å². The van der Waals surface area contributed by atoms with Crippen molar-refractivity contribution in [2.75, 3.05) is 13.7 Å². The molecule has 1 aromatic carbocycles. The summed E-state index contributed by atoms with van der Waals surface area (Å²) in [6.45, 7) is 1.55. The lowest BCUT2D eigenvalue weighted by Crippen LogP contribution is -2.23. The first-order chi connectivity index (χ1) is 10.7. The summed E-state index contributed by atoms with van der Waals surface area (Å²) in [4.78, 5) is 14.0. The van der Waals surface area contributed by atoms with Crippen molar-refractivity contribution in [2.24, 2.45) is 0 Å². The Hall–Kier alpha value is -2.21. The number of ether oxygens (including phenoxy) is 1. The fraction of sp³-hybridized carbons (Fsp3) is 0.375. The molecule has 1 saturated heterocycles. The third-order valence-corrected chi connectivity index (χ3v) is 4.10. The summed E-state index contributed by atoms with van der Waals surface area (Å²) < 4.78 is 17.8. The van der Waals surface area contributed by atoms with Crippen LogP contribution in [0.25, 0.3) is 0 Å². The number of aromatic amines is 1. The minimum absolute atomic E-state index is 0.226. The van der Waals surface area contributed by atoms with E-state index in [2.05, 4.69) is 15.1 Å². The van der Waals surface area contributed by atoms with Gasteiger partial charge in [-0.25, -0.2) is 9.18 Å². The quantitative estimate of drug-likeness (QED) is 0.882. The number of aromatic nitrogens is 2. The fourth-order valence-corrected chi connectivity index (χ4v) is 3.01. The smallest absolute Gasteiger partial charge is 0.356 e. The second kappa shape index (κ2) is 6.27. The van der Waals surface area contributed by atoms with Gasteiger partial charge in [0.1, 0.15) is 11.5 Å². The Morgan fingerprint density at radius 2 is 2.23 bits per heavy atom. The predicted molar refractivity (Wildman–Crippen MR) is 78.7 cm³/mol. The maximum absolute atomic E-state index is 13.1. The van der Waals surface area contributed by atoms with Crippen LogP contribution in [0.4, 0.5) is 4.39 Å². The zero-order valence-corrected chi connectivity index (χ0v) is 12.4. The van der Waals surface area contributed by atoms with Crippen LogP contribution in [-0.2, 0) is 11.3 Å². The van der Waals surface area contributed by atoms with Gasteiger partial charge in [0.05, 0.1) is 13.3 Å². The van der Waals surface area contributed by atoms with Crippen LogP contribution in [0.3, 0.4) is 0 Å². The first-order valence-electron chi connectivity index (χ1n) is 7.29. The number of nitrogens with one attached hydrogen (secondary N) is 1. The summed E-state index contributed by atoms with van der Waals surface area (Å²) in [6, 6.07) is 6.87. The number of benzene rings is 1. The van der Waals surface area contributed by atoms with Gasteiger partial charge < -0.3 is 4.74 Å². The van der Waals surface area contributed by atoms with Crippen molar-refractivity contribution in [3.63, 3.8) is 0 Å². The molecule has 0 saturated carbocycles. The van der Waals surface area contributed by atoms with Crippen LogP contribution in [-0.4, -0.2) is 34.7 Å². The zero-order valence-electron chi connectivity index (χ0n) is 12.4. The summed E-state index contributed by atoms with van der Waals surface area (Å²) in [7, 11) is 1.35. The molecule has 0 aliphatic carbocycles. The average Bonchev–Trinajstić information content (AvgIpc) is 3.17. The molecule has 1 unspecified atom stereocenters. The maximum Gasteiger partial charge on any atom is 0.356 e. The van der Waals surface area contributed by atoms with E-state index in [0.29, 0.717) is 12.2 Å². The standard InChI is InChI=1S/C16H18FN3O2/c1-22-16(21)15-12(9-18-19-15)10-20-8-2-3-14(20)11-4-6-13(17)7-5-11/h4-7,9,14H,2-3,8,10H2,1H3,(H,18,19). The van der Waals surface area contributed by atoms with Crippen LogP contribution in [0, 0.1) is 5.82 Å². The monoisotopic (exact) mass is 303 g/mol. The number of H-pyrrole nitrogens is 1. The number of halogens is 1. The molecule has 116 valence electrons. The Morgan fingerprint density at radius 1 is 1.45 bits per heavy atom. The van der Waals surface area contributed by atoms with E-state index in [1.165, 1.54) is 19.2 Å². The van der Waals surface area contributed by atoms with Crippen LogP contribution in [0.2, 0.25) is 0 Å². The summed E-state index contributed by atoms with van der Waals surface area (Å²) in [5.41, 5.74) is 2.31. The molecule has 1 aromatic heterocycles. The summed E-state index contributed by atoms with van der Waals surface area (Å²) in [6.07, 6.45) is 3.76. The molecule has 1 aliphatic heterocycles. The third kappa shape index (κ3) is 2.87. The number of nitrogens with zero attached hydrogens (tertiary/aromatic N) is 2. The lowest BCUT2D eigenvalue weighted by molar-refractivity contribution is 0.0591. The Morgan fingerprint density at radius 3 is 2.95 bits per heavy atom. The number of hydrogen-bond acceptors (Lipinski definition) is 4. The van der Waals surface area contributed by atoms with E-state index in [4.69, 9.17) is 4.74 Å². The molecule has 2 heterocycles. The van der Waals surface area contributed by atoms with Crippen LogP contribution >= 0.6 is 0 Å². The number of hydrogen-bond donors (Lipinski definition) is 1. The number of carbonyl (C=O) groups excluding carboxylic acids is 1. The van der Waals surface area contributed by atoms with E-state index in [0.717, 1.165) is 30.5 Å². The van der Waals surface area contributed by atoms with E-state index >= 15 is 0 Å². The van der Waals surface area contributed by atoms with Crippen LogP contribution in [0.15, 0.2) is 30.5 Å². The van der Waals surface area contributed by atoms with E-state index in [9.17, 15) is 9.18 Å². The number of methoxy groups -OCH3 is 1. The summed E-state index contributed by atoms with van der Waals surface area (Å²) in [5, 5.41) is 6.63. The molecule has 6 heteroatoms. The number of carbonyl (C=O) groups is 1. The Kier molecular flexibility index (Phi) is 4.20. The largest absolute Gasteiger partial charge is 0.464 e. The first-order valence-corrected chi connectivity index (χ1v) is 7.29. The van der Waals surface area contributed by atoms with Gasteiger partial charge in [-0.15, -0.1) is 0 Å². The lowest BCUT2D eigenvalue weighted by atomic mass is 10.0. The summed E-state index contributed by atoms with van der Waals surface area (Å²) >= 11 is 0. The summed E-state index contributed by atoms with van der Waals surface area (Å²) in [5.74, 6) is -0.638. The van der Waals surface area contributed by atoms with E-state index < -0.39 is 5.97 Å². The Balaban J connectivity index is 1.78. The third-order valence-electron chi connectivity index (χ3n) is 4.10. The van der Waals surface area contributed by atoms with Gasteiger partial charge in [0.15, 0.2) is 0 Å². The van der Waals surface area contributed by atoms with Gasteiger partial charge in [-0.1, -0.05) is 12.1 Å². The molecule has 1 atom stereocenters. The molecule has 3 rings (SSSR count). The number of rotatable bonds is 4. The maximum atomic E-state index is 13.1. The van der Waals surface area contributed by atoms with Crippen molar-refractivity contribution in [2.45, 2.75) is 25.4 Å². The van der Waals surface area contributed by atoms with Gasteiger partial charge in [0.2, 0.25) is 0 Å². The van der Waals surface area contributed by atoms with Crippen LogP contribution < -0.4 is 0 Å². The van der Waals surface area contributed by atoms with Gasteiger partial charge in [-0.2, -0.15) is 5.10 Å². The van der Waals surface area contributed by atoms with Gasteiger partial charge in [-0.05, 0) is 37.1 Å². The van der Waals surface area contributed by atoms with Crippen LogP contribution in [0.1, 0.15) is 40.5 Å². The van der Waals surface area contributed by atoms with E-state index in [-0.39, 0.29) is 11.9 Å². The minimum Gasteiger partial charge on any atom is -0.464 e. The van der Waals surface area contributed by atoms with Crippen molar-refractivity contribution in [1.82, 2.24) is 15.1 Å². The number of likely N-dealkylation sites (tertiary alicyclic amines) is 1. The van der Waals surface area contributed by atoms with Crippen molar-refractivity contribution < 1.29 is 13.9 Å². The normalized spacial score (nSPS) is 18.5. The topological polar surface area (TPSA) is 58.2 Å². The van der Waals surface area contributed by atoms with Crippen molar-refractivity contribution >= 4 is 5.97 Å². The van der Waals surface area contributed by atoms with Gasteiger partial charge in [0, 0.05) is 18.2 Å². The molecule has 1 fully saturated rings. The molecule has 1 aliphatic rings. The highest BCUT2D eigenvalue weighted by Gasteiger charge is 2.27. The van der Waals surface area contributed by atoms with Gasteiger partial charge >= 0.3 is 5.97 Å². The highest BCUT2D eigenvalue weighted by Crippen LogP contribution is 2.33. The predicted octanol–water partition coefficient (Wildman–Crippen LogP) is 2.67. The molecule has 1 N–H and O–H groups in total. The average molecular weight is 303 g/mol. The van der Waals surface area contributed by atoms with E-state index in [1.54, 1.807) is 6.20 Å². The molecule has 5 nitrogen and oxygen atoms in total. The highest BCUT2D eigenvalue weighted by molar-refractivity contribution is 5.88. The minimum atomic E-state index is -0.412. The zero-order chi connectivity index (χ0) is 15.5. The molecular weight excluding hydrogens is 285 g/mol. The second-order valence-corrected chi connectivity index (χ2v) is 5.44. The molecule has 0 bridgehead atoms. The number of esters is 1. The molecule has 0 radical (unpaired) electrons. The fourth-order valence-electron chi connectivity index (χ4n) is 3.01. The first kappa shape index (κ1) is 14.7. The van der Waals surface area contributed by atoms with Gasteiger partial charge in [0.25, 0.3) is 0 Å². The molecular formula is C16H18FN3O2. The Labute approximate surface area is 128 Å². The Bertz CT molecular complexity index is 654. The SMILES string of the molecule is COC(=O)c1[nH]ncc1CN1CCCC1c1ccc(F)cc1. The van der Waals surface area contributed by atoms with Crippen molar-refractivity contribution in [3.8, 4) is 0 Å². The highest BCUT2D eigenvalue weighted by atomic mass is 19.1. The molecule has 22 heavy (non-hydrogen) atoms. The van der Waals surface area contributed by atoms with E-state index in [1.807, 2.05) is 12.1 Å².